The number of carboxylic acids is 1. The maximum absolute atomic E-state index is 11.0. The SMILES string of the molecule is COCn1c2ccccc2c2cc(C(=O)O)ncc21. The topological polar surface area (TPSA) is 64.3 Å². The lowest BCUT2D eigenvalue weighted by Gasteiger charge is -2.04. The molecule has 1 aromatic carbocycles. The van der Waals surface area contributed by atoms with E-state index in [0.29, 0.717) is 6.73 Å². The number of rotatable bonds is 3. The van der Waals surface area contributed by atoms with E-state index in [9.17, 15) is 4.79 Å². The Kier molecular flexibility index (Phi) is 2.68. The van der Waals surface area contributed by atoms with E-state index in [0.717, 1.165) is 21.8 Å². The van der Waals surface area contributed by atoms with Crippen molar-refractivity contribution >= 4 is 27.8 Å². The highest BCUT2D eigenvalue weighted by molar-refractivity contribution is 6.09. The molecule has 96 valence electrons. The van der Waals surface area contributed by atoms with E-state index in [1.54, 1.807) is 19.4 Å². The Morgan fingerprint density at radius 1 is 1.32 bits per heavy atom. The molecule has 0 spiro atoms. The zero-order chi connectivity index (χ0) is 13.4. The van der Waals surface area contributed by atoms with Gasteiger partial charge in [0, 0.05) is 17.9 Å². The molecule has 0 aliphatic rings. The van der Waals surface area contributed by atoms with Gasteiger partial charge in [-0.05, 0) is 12.1 Å². The molecule has 5 heteroatoms. The lowest BCUT2D eigenvalue weighted by atomic mass is 10.1. The van der Waals surface area contributed by atoms with Gasteiger partial charge in [-0.25, -0.2) is 9.78 Å². The normalized spacial score (nSPS) is 11.2. The first-order valence-electron chi connectivity index (χ1n) is 5.81. The first-order chi connectivity index (χ1) is 9.22. The van der Waals surface area contributed by atoms with Gasteiger partial charge in [0.25, 0.3) is 0 Å². The van der Waals surface area contributed by atoms with E-state index >= 15 is 0 Å². The Hall–Kier alpha value is -2.40. The highest BCUT2D eigenvalue weighted by atomic mass is 16.5. The van der Waals surface area contributed by atoms with Crippen LogP contribution in [0.15, 0.2) is 36.5 Å². The Morgan fingerprint density at radius 2 is 2.11 bits per heavy atom. The second-order valence-electron chi connectivity index (χ2n) is 4.25. The summed E-state index contributed by atoms with van der Waals surface area (Å²) in [5, 5.41) is 10.9. The van der Waals surface area contributed by atoms with E-state index in [-0.39, 0.29) is 5.69 Å². The van der Waals surface area contributed by atoms with Gasteiger partial charge in [0.2, 0.25) is 0 Å². The van der Waals surface area contributed by atoms with Crippen LogP contribution in [0, 0.1) is 0 Å². The number of ether oxygens (including phenoxy) is 1. The first kappa shape index (κ1) is 11.7. The molecule has 0 unspecified atom stereocenters. The molecule has 3 rings (SSSR count). The summed E-state index contributed by atoms with van der Waals surface area (Å²) < 4.78 is 7.17. The van der Waals surface area contributed by atoms with Crippen molar-refractivity contribution in [2.45, 2.75) is 6.73 Å². The number of hydrogen-bond acceptors (Lipinski definition) is 3. The molecule has 0 radical (unpaired) electrons. The molecule has 19 heavy (non-hydrogen) atoms. The van der Waals surface area contributed by atoms with Crippen LogP contribution in [-0.4, -0.2) is 27.7 Å². The summed E-state index contributed by atoms with van der Waals surface area (Å²) in [6.07, 6.45) is 1.58. The number of benzene rings is 1. The van der Waals surface area contributed by atoms with Gasteiger partial charge in [-0.1, -0.05) is 18.2 Å². The molecule has 0 bridgehead atoms. The van der Waals surface area contributed by atoms with Crippen LogP contribution in [0.2, 0.25) is 0 Å². The molecule has 2 aromatic heterocycles. The maximum Gasteiger partial charge on any atom is 0.354 e. The van der Waals surface area contributed by atoms with E-state index in [1.165, 1.54) is 0 Å². The fraction of sp³-hybridized carbons (Fsp3) is 0.143. The van der Waals surface area contributed by atoms with Crippen LogP contribution in [-0.2, 0) is 11.5 Å². The average molecular weight is 256 g/mol. The predicted octanol–water partition coefficient (Wildman–Crippen LogP) is 2.49. The van der Waals surface area contributed by atoms with Crippen molar-refractivity contribution in [1.82, 2.24) is 9.55 Å². The summed E-state index contributed by atoms with van der Waals surface area (Å²) in [7, 11) is 1.62. The number of nitrogens with zero attached hydrogens (tertiary/aromatic N) is 2. The number of methoxy groups -OCH3 is 1. The van der Waals surface area contributed by atoms with Crippen molar-refractivity contribution in [2.24, 2.45) is 0 Å². The van der Waals surface area contributed by atoms with Gasteiger partial charge >= 0.3 is 5.97 Å². The number of carboxylic acid groups (broad SMARTS) is 1. The number of para-hydroxylation sites is 1. The summed E-state index contributed by atoms with van der Waals surface area (Å²) >= 11 is 0. The summed E-state index contributed by atoms with van der Waals surface area (Å²) in [5.74, 6) is -1.02. The minimum Gasteiger partial charge on any atom is -0.477 e. The van der Waals surface area contributed by atoms with Crippen molar-refractivity contribution in [2.75, 3.05) is 7.11 Å². The van der Waals surface area contributed by atoms with Gasteiger partial charge in [-0.3, -0.25) is 0 Å². The average Bonchev–Trinajstić information content (AvgIpc) is 2.74. The molecule has 0 aliphatic heterocycles. The van der Waals surface area contributed by atoms with E-state index in [1.807, 2.05) is 28.8 Å². The first-order valence-corrected chi connectivity index (χ1v) is 5.81. The van der Waals surface area contributed by atoms with E-state index in [2.05, 4.69) is 4.98 Å². The molecular weight excluding hydrogens is 244 g/mol. The third-order valence-corrected chi connectivity index (χ3v) is 3.14. The van der Waals surface area contributed by atoms with Crippen LogP contribution in [0.4, 0.5) is 0 Å². The second-order valence-corrected chi connectivity index (χ2v) is 4.25. The largest absolute Gasteiger partial charge is 0.477 e. The lowest BCUT2D eigenvalue weighted by Crippen LogP contribution is -2.02. The molecule has 1 N–H and O–H groups in total. The molecule has 2 heterocycles. The molecule has 0 atom stereocenters. The molecule has 0 fully saturated rings. The molecule has 5 nitrogen and oxygen atoms in total. The van der Waals surface area contributed by atoms with Crippen molar-refractivity contribution in [3.05, 3.63) is 42.2 Å². The van der Waals surface area contributed by atoms with Crippen molar-refractivity contribution < 1.29 is 14.6 Å². The molecule has 0 saturated heterocycles. The van der Waals surface area contributed by atoms with Crippen LogP contribution in [0.3, 0.4) is 0 Å². The van der Waals surface area contributed by atoms with Crippen LogP contribution in [0.25, 0.3) is 21.8 Å². The third-order valence-electron chi connectivity index (χ3n) is 3.14. The number of carbonyl (C=O) groups is 1. The quantitative estimate of drug-likeness (QED) is 0.782. The highest BCUT2D eigenvalue weighted by Crippen LogP contribution is 2.28. The van der Waals surface area contributed by atoms with Gasteiger partial charge in [-0.15, -0.1) is 0 Å². The summed E-state index contributed by atoms with van der Waals surface area (Å²) in [6.45, 7) is 0.401. The third kappa shape index (κ3) is 1.75. The van der Waals surface area contributed by atoms with Gasteiger partial charge in [0.05, 0.1) is 17.2 Å². The maximum atomic E-state index is 11.0. The molecule has 0 amide bonds. The number of aromatic carboxylic acids is 1. The van der Waals surface area contributed by atoms with E-state index < -0.39 is 5.97 Å². The number of hydrogen-bond donors (Lipinski definition) is 1. The van der Waals surface area contributed by atoms with Crippen molar-refractivity contribution in [1.29, 1.82) is 0 Å². The van der Waals surface area contributed by atoms with Crippen LogP contribution < -0.4 is 0 Å². The van der Waals surface area contributed by atoms with Gasteiger partial charge in [0.1, 0.15) is 12.4 Å². The molecule has 0 aliphatic carbocycles. The number of pyridine rings is 1. The van der Waals surface area contributed by atoms with Crippen LogP contribution >= 0.6 is 0 Å². The monoisotopic (exact) mass is 256 g/mol. The van der Waals surface area contributed by atoms with E-state index in [4.69, 9.17) is 9.84 Å². The summed E-state index contributed by atoms with van der Waals surface area (Å²) in [6, 6.07) is 9.43. The highest BCUT2D eigenvalue weighted by Gasteiger charge is 2.13. The van der Waals surface area contributed by atoms with Crippen molar-refractivity contribution in [3.8, 4) is 0 Å². The van der Waals surface area contributed by atoms with Crippen LogP contribution in [0.1, 0.15) is 10.5 Å². The van der Waals surface area contributed by atoms with Gasteiger partial charge < -0.3 is 14.4 Å². The Labute approximate surface area is 109 Å². The smallest absolute Gasteiger partial charge is 0.354 e. The summed E-state index contributed by atoms with van der Waals surface area (Å²) in [5.41, 5.74) is 1.92. The Morgan fingerprint density at radius 3 is 2.84 bits per heavy atom. The minimum absolute atomic E-state index is 0.0489. The molecular formula is C14H12N2O3. The number of fused-ring (bicyclic) bond motifs is 3. The standard InChI is InChI=1S/C14H12N2O3/c1-19-8-16-12-5-3-2-4-9(12)10-6-11(14(17)18)15-7-13(10)16/h2-7H,8H2,1H3,(H,17,18). The zero-order valence-corrected chi connectivity index (χ0v) is 10.3. The van der Waals surface area contributed by atoms with Gasteiger partial charge in [-0.2, -0.15) is 0 Å². The molecule has 0 saturated carbocycles. The fourth-order valence-electron chi connectivity index (χ4n) is 2.33. The Bertz CT molecular complexity index is 777. The second kappa shape index (κ2) is 4.37. The number of aromatic nitrogens is 2. The predicted molar refractivity (Wildman–Crippen MR) is 71.2 cm³/mol. The Balaban J connectivity index is 2.41. The van der Waals surface area contributed by atoms with Crippen LogP contribution in [0.5, 0.6) is 0 Å². The zero-order valence-electron chi connectivity index (χ0n) is 10.3. The van der Waals surface area contributed by atoms with Crippen molar-refractivity contribution in [3.63, 3.8) is 0 Å². The summed E-state index contributed by atoms with van der Waals surface area (Å²) in [4.78, 5) is 15.0. The van der Waals surface area contributed by atoms with Gasteiger partial charge in [0.15, 0.2) is 0 Å². The lowest BCUT2D eigenvalue weighted by molar-refractivity contribution is 0.0690. The molecule has 3 aromatic rings. The minimum atomic E-state index is -1.02. The fourth-order valence-corrected chi connectivity index (χ4v) is 2.33.